The first-order valence-electron chi connectivity index (χ1n) is 6.88. The first kappa shape index (κ1) is 12.3. The highest BCUT2D eigenvalue weighted by molar-refractivity contribution is 4.88. The van der Waals surface area contributed by atoms with Gasteiger partial charge in [-0.3, -0.25) is 9.80 Å². The lowest BCUT2D eigenvalue weighted by Crippen LogP contribution is -2.58. The topological polar surface area (TPSA) is 26.7 Å². The summed E-state index contributed by atoms with van der Waals surface area (Å²) >= 11 is 0. The van der Waals surface area contributed by atoms with Crippen LogP contribution in [0.3, 0.4) is 0 Å². The molecule has 0 saturated carbocycles. The molecule has 3 unspecified atom stereocenters. The van der Waals surface area contributed by atoms with E-state index in [2.05, 4.69) is 23.6 Å². The lowest BCUT2D eigenvalue weighted by molar-refractivity contribution is -0.00935. The molecule has 2 fully saturated rings. The Morgan fingerprint density at radius 1 is 1.25 bits per heavy atom. The molecule has 0 aromatic rings. The van der Waals surface area contributed by atoms with E-state index in [0.29, 0.717) is 6.04 Å². The van der Waals surface area contributed by atoms with E-state index >= 15 is 0 Å². The van der Waals surface area contributed by atoms with Crippen molar-refractivity contribution in [3.63, 3.8) is 0 Å². The first-order chi connectivity index (χ1) is 7.72. The lowest BCUT2D eigenvalue weighted by atomic mass is 9.97. The van der Waals surface area contributed by atoms with Crippen LogP contribution in [0.2, 0.25) is 0 Å². The Morgan fingerprint density at radius 2 is 2.06 bits per heavy atom. The lowest BCUT2D eigenvalue weighted by Gasteiger charge is -2.46. The van der Waals surface area contributed by atoms with Crippen LogP contribution in [0.1, 0.15) is 39.5 Å². The molecule has 3 nitrogen and oxygen atoms in total. The van der Waals surface area contributed by atoms with E-state index in [1.54, 1.807) is 0 Å². The van der Waals surface area contributed by atoms with Crippen LogP contribution < -0.4 is 0 Å². The summed E-state index contributed by atoms with van der Waals surface area (Å²) in [6.45, 7) is 9.03. The van der Waals surface area contributed by atoms with Gasteiger partial charge in [-0.15, -0.1) is 0 Å². The van der Waals surface area contributed by atoms with Gasteiger partial charge in [0.15, 0.2) is 0 Å². The molecule has 16 heavy (non-hydrogen) atoms. The predicted octanol–water partition coefficient (Wildman–Crippen LogP) is 1.32. The minimum atomic E-state index is -0.157. The molecule has 0 aromatic carbocycles. The van der Waals surface area contributed by atoms with Crippen LogP contribution in [0, 0.1) is 0 Å². The molecule has 2 heterocycles. The van der Waals surface area contributed by atoms with Crippen LogP contribution in [0.25, 0.3) is 0 Å². The van der Waals surface area contributed by atoms with Gasteiger partial charge in [-0.2, -0.15) is 0 Å². The molecule has 0 amide bonds. The summed E-state index contributed by atoms with van der Waals surface area (Å²) < 4.78 is 0. The zero-order valence-electron chi connectivity index (χ0n) is 10.7. The highest BCUT2D eigenvalue weighted by atomic mass is 16.3. The number of hydrogen-bond acceptors (Lipinski definition) is 3. The van der Waals surface area contributed by atoms with E-state index in [1.807, 2.05) is 0 Å². The molecule has 0 radical (unpaired) electrons. The zero-order valence-corrected chi connectivity index (χ0v) is 10.7. The van der Waals surface area contributed by atoms with E-state index in [0.717, 1.165) is 25.6 Å². The molecule has 2 saturated heterocycles. The monoisotopic (exact) mass is 226 g/mol. The molecule has 3 atom stereocenters. The first-order valence-corrected chi connectivity index (χ1v) is 6.88. The minimum absolute atomic E-state index is 0.157. The summed E-state index contributed by atoms with van der Waals surface area (Å²) in [7, 11) is 0. The second kappa shape index (κ2) is 5.48. The number of rotatable bonds is 3. The molecule has 94 valence electrons. The Hall–Kier alpha value is -0.120. The molecule has 0 spiro atoms. The van der Waals surface area contributed by atoms with Crippen LogP contribution >= 0.6 is 0 Å². The molecule has 0 bridgehead atoms. The highest BCUT2D eigenvalue weighted by Crippen LogP contribution is 2.23. The van der Waals surface area contributed by atoms with E-state index in [9.17, 15) is 5.11 Å². The summed E-state index contributed by atoms with van der Waals surface area (Å²) in [5, 5.41) is 9.92. The molecule has 2 aliphatic heterocycles. The largest absolute Gasteiger partial charge is 0.392 e. The fourth-order valence-corrected chi connectivity index (χ4v) is 3.13. The molecule has 2 rings (SSSR count). The fourth-order valence-electron chi connectivity index (χ4n) is 3.13. The number of aliphatic hydroxyl groups excluding tert-OH is 1. The van der Waals surface area contributed by atoms with Crippen LogP contribution in [-0.4, -0.2) is 59.3 Å². The Kier molecular flexibility index (Phi) is 4.22. The standard InChI is InChI=1S/C13H26N2O/c1-3-13(16)11(2)15-9-8-14-7-5-4-6-12(14)10-15/h11-13,16H,3-10H2,1-2H3. The van der Waals surface area contributed by atoms with Gasteiger partial charge < -0.3 is 5.11 Å². The van der Waals surface area contributed by atoms with Crippen molar-refractivity contribution >= 4 is 0 Å². The van der Waals surface area contributed by atoms with E-state index < -0.39 is 0 Å². The van der Waals surface area contributed by atoms with Gasteiger partial charge in [-0.1, -0.05) is 13.3 Å². The third-order valence-electron chi connectivity index (χ3n) is 4.42. The summed E-state index contributed by atoms with van der Waals surface area (Å²) in [4.78, 5) is 5.13. The van der Waals surface area contributed by atoms with Crippen LogP contribution in [0.4, 0.5) is 0 Å². The van der Waals surface area contributed by atoms with Crippen molar-refractivity contribution in [3.8, 4) is 0 Å². The molecule has 3 heteroatoms. The Labute approximate surface area is 99.4 Å². The maximum Gasteiger partial charge on any atom is 0.0690 e. The number of piperazine rings is 1. The summed E-state index contributed by atoms with van der Waals surface area (Å²) in [5.41, 5.74) is 0. The third-order valence-corrected chi connectivity index (χ3v) is 4.42. The van der Waals surface area contributed by atoms with Crippen molar-refractivity contribution in [2.24, 2.45) is 0 Å². The summed E-state index contributed by atoms with van der Waals surface area (Å²) in [6, 6.07) is 1.09. The van der Waals surface area contributed by atoms with Crippen molar-refractivity contribution in [1.29, 1.82) is 0 Å². The van der Waals surface area contributed by atoms with Crippen LogP contribution in [-0.2, 0) is 0 Å². The van der Waals surface area contributed by atoms with Crippen molar-refractivity contribution in [2.75, 3.05) is 26.2 Å². The van der Waals surface area contributed by atoms with E-state index in [1.165, 1.54) is 32.4 Å². The van der Waals surface area contributed by atoms with Gasteiger partial charge in [0, 0.05) is 31.7 Å². The van der Waals surface area contributed by atoms with E-state index in [4.69, 9.17) is 0 Å². The quantitative estimate of drug-likeness (QED) is 0.786. The molecule has 1 N–H and O–H groups in total. The van der Waals surface area contributed by atoms with Gasteiger partial charge in [0.1, 0.15) is 0 Å². The van der Waals surface area contributed by atoms with Gasteiger partial charge in [-0.05, 0) is 32.7 Å². The van der Waals surface area contributed by atoms with Crippen LogP contribution in [0.5, 0.6) is 0 Å². The van der Waals surface area contributed by atoms with Gasteiger partial charge in [0.05, 0.1) is 6.10 Å². The maximum atomic E-state index is 9.92. The van der Waals surface area contributed by atoms with Crippen LogP contribution in [0.15, 0.2) is 0 Å². The Balaban J connectivity index is 1.89. The summed E-state index contributed by atoms with van der Waals surface area (Å²) in [6.07, 6.45) is 4.83. The van der Waals surface area contributed by atoms with Gasteiger partial charge in [0.25, 0.3) is 0 Å². The van der Waals surface area contributed by atoms with E-state index in [-0.39, 0.29) is 6.10 Å². The second-order valence-electron chi connectivity index (χ2n) is 5.40. The maximum absolute atomic E-state index is 9.92. The molecular formula is C13H26N2O. The number of nitrogens with zero attached hydrogens (tertiary/aromatic N) is 2. The fraction of sp³-hybridized carbons (Fsp3) is 1.00. The van der Waals surface area contributed by atoms with Gasteiger partial charge >= 0.3 is 0 Å². The average molecular weight is 226 g/mol. The van der Waals surface area contributed by atoms with Gasteiger partial charge in [-0.25, -0.2) is 0 Å². The second-order valence-corrected chi connectivity index (χ2v) is 5.40. The SMILES string of the molecule is CCC(O)C(C)N1CCN2CCCCC2C1. The van der Waals surface area contributed by atoms with Crippen molar-refractivity contribution in [2.45, 2.75) is 57.7 Å². The van der Waals surface area contributed by atoms with Crippen molar-refractivity contribution in [3.05, 3.63) is 0 Å². The Bertz CT molecular complexity index is 222. The predicted molar refractivity (Wildman–Crippen MR) is 66.5 cm³/mol. The number of fused-ring (bicyclic) bond motifs is 1. The normalized spacial score (nSPS) is 32.1. The summed E-state index contributed by atoms with van der Waals surface area (Å²) in [5.74, 6) is 0. The zero-order chi connectivity index (χ0) is 11.5. The average Bonchev–Trinajstić information content (AvgIpc) is 2.36. The molecular weight excluding hydrogens is 200 g/mol. The van der Waals surface area contributed by atoms with Crippen molar-refractivity contribution < 1.29 is 5.11 Å². The number of piperidine rings is 1. The highest BCUT2D eigenvalue weighted by Gasteiger charge is 2.32. The molecule has 0 aliphatic carbocycles. The number of hydrogen-bond donors (Lipinski definition) is 1. The minimum Gasteiger partial charge on any atom is -0.392 e. The molecule has 2 aliphatic rings. The smallest absolute Gasteiger partial charge is 0.0690 e. The molecule has 0 aromatic heterocycles. The third kappa shape index (κ3) is 2.58. The Morgan fingerprint density at radius 3 is 2.81 bits per heavy atom. The number of aliphatic hydroxyl groups is 1. The van der Waals surface area contributed by atoms with Crippen molar-refractivity contribution in [1.82, 2.24) is 9.80 Å². The van der Waals surface area contributed by atoms with Gasteiger partial charge in [0.2, 0.25) is 0 Å².